The van der Waals surface area contributed by atoms with Crippen LogP contribution in [0.3, 0.4) is 0 Å². The second-order valence-electron chi connectivity index (χ2n) is 4.03. The number of halogens is 1. The maximum Gasteiger partial charge on any atom is 0.234 e. The molecule has 1 amide bonds. The molecular formula is C13H12ClN5OS. The van der Waals surface area contributed by atoms with Gasteiger partial charge in [0.15, 0.2) is 0 Å². The van der Waals surface area contributed by atoms with Gasteiger partial charge < -0.3 is 5.32 Å². The summed E-state index contributed by atoms with van der Waals surface area (Å²) in [6, 6.07) is 7.09. The van der Waals surface area contributed by atoms with E-state index in [9.17, 15) is 4.79 Å². The molecule has 1 atom stereocenters. The maximum atomic E-state index is 11.8. The summed E-state index contributed by atoms with van der Waals surface area (Å²) in [5.41, 5.74) is 0.767. The van der Waals surface area contributed by atoms with Gasteiger partial charge in [0.25, 0.3) is 0 Å². The normalized spacial score (nSPS) is 11.7. The van der Waals surface area contributed by atoms with Crippen LogP contribution in [0.5, 0.6) is 0 Å². The SMILES string of the molecule is C#CCNC(=O)C(C)Sc1nnnn1-c1ccc(Cl)cc1. The zero-order chi connectivity index (χ0) is 15.2. The van der Waals surface area contributed by atoms with Gasteiger partial charge in [-0.1, -0.05) is 29.3 Å². The van der Waals surface area contributed by atoms with Gasteiger partial charge in [0.1, 0.15) is 0 Å². The van der Waals surface area contributed by atoms with E-state index >= 15 is 0 Å². The largest absolute Gasteiger partial charge is 0.344 e. The molecule has 6 nitrogen and oxygen atoms in total. The fourth-order valence-electron chi connectivity index (χ4n) is 1.49. The van der Waals surface area contributed by atoms with Crippen LogP contribution in [0, 0.1) is 12.3 Å². The number of rotatable bonds is 5. The van der Waals surface area contributed by atoms with E-state index in [1.807, 2.05) is 0 Å². The van der Waals surface area contributed by atoms with E-state index in [1.54, 1.807) is 35.9 Å². The topological polar surface area (TPSA) is 72.7 Å². The molecule has 0 spiro atoms. The monoisotopic (exact) mass is 321 g/mol. The third kappa shape index (κ3) is 3.97. The Labute approximate surface area is 131 Å². The molecule has 0 aliphatic heterocycles. The predicted molar refractivity (Wildman–Crippen MR) is 81.3 cm³/mol. The second-order valence-corrected chi connectivity index (χ2v) is 5.78. The average molecular weight is 322 g/mol. The fourth-order valence-corrected chi connectivity index (χ4v) is 2.45. The number of tetrazole rings is 1. The number of aromatic nitrogens is 4. The summed E-state index contributed by atoms with van der Waals surface area (Å²) in [4.78, 5) is 11.8. The molecule has 1 aromatic heterocycles. The lowest BCUT2D eigenvalue weighted by Gasteiger charge is -2.10. The van der Waals surface area contributed by atoms with Crippen LogP contribution in [0.15, 0.2) is 29.4 Å². The summed E-state index contributed by atoms with van der Waals surface area (Å²) < 4.78 is 1.55. The molecule has 0 saturated carbocycles. The molecule has 0 aliphatic carbocycles. The van der Waals surface area contributed by atoms with Crippen LogP contribution < -0.4 is 5.32 Å². The van der Waals surface area contributed by atoms with Crippen LogP contribution >= 0.6 is 23.4 Å². The highest BCUT2D eigenvalue weighted by Gasteiger charge is 2.18. The highest BCUT2D eigenvalue weighted by atomic mass is 35.5. The van der Waals surface area contributed by atoms with Crippen molar-refractivity contribution in [3.05, 3.63) is 29.3 Å². The minimum atomic E-state index is -0.365. The molecule has 1 heterocycles. The van der Waals surface area contributed by atoms with E-state index in [0.29, 0.717) is 10.2 Å². The lowest BCUT2D eigenvalue weighted by atomic mass is 10.3. The van der Waals surface area contributed by atoms with Gasteiger partial charge in [-0.25, -0.2) is 0 Å². The van der Waals surface area contributed by atoms with Crippen molar-refractivity contribution < 1.29 is 4.79 Å². The van der Waals surface area contributed by atoms with Crippen molar-refractivity contribution in [2.75, 3.05) is 6.54 Å². The summed E-state index contributed by atoms with van der Waals surface area (Å²) in [5.74, 6) is 2.19. The van der Waals surface area contributed by atoms with E-state index < -0.39 is 0 Å². The standard InChI is InChI=1S/C13H12ClN5OS/c1-3-8-15-12(20)9(2)21-13-16-17-18-19(13)11-6-4-10(14)5-7-11/h1,4-7,9H,8H2,2H3,(H,15,20). The number of benzene rings is 1. The van der Waals surface area contributed by atoms with Crippen LogP contribution in [0.4, 0.5) is 0 Å². The Kier molecular flexibility index (Phi) is 5.20. The van der Waals surface area contributed by atoms with Crippen molar-refractivity contribution >= 4 is 29.3 Å². The van der Waals surface area contributed by atoms with Crippen LogP contribution in [0.2, 0.25) is 5.02 Å². The minimum absolute atomic E-state index is 0.163. The van der Waals surface area contributed by atoms with Crippen LogP contribution in [0.1, 0.15) is 6.92 Å². The number of carbonyl (C=O) groups is 1. The van der Waals surface area contributed by atoms with Crippen molar-refractivity contribution in [1.29, 1.82) is 0 Å². The van der Waals surface area contributed by atoms with Crippen LogP contribution in [-0.2, 0) is 4.79 Å². The summed E-state index contributed by atoms with van der Waals surface area (Å²) >= 11 is 7.10. The van der Waals surface area contributed by atoms with Gasteiger partial charge in [-0.15, -0.1) is 11.5 Å². The lowest BCUT2D eigenvalue weighted by molar-refractivity contribution is -0.120. The summed E-state index contributed by atoms with van der Waals surface area (Å²) in [5, 5.41) is 14.9. The van der Waals surface area contributed by atoms with Gasteiger partial charge >= 0.3 is 0 Å². The second kappa shape index (κ2) is 7.11. The van der Waals surface area contributed by atoms with E-state index in [-0.39, 0.29) is 17.7 Å². The van der Waals surface area contributed by atoms with Crippen LogP contribution in [0.25, 0.3) is 5.69 Å². The third-order valence-electron chi connectivity index (χ3n) is 2.53. The van der Waals surface area contributed by atoms with Gasteiger partial charge in [-0.2, -0.15) is 4.68 Å². The first-order valence-corrected chi connectivity index (χ1v) is 7.29. The molecule has 2 rings (SSSR count). The van der Waals surface area contributed by atoms with E-state index in [4.69, 9.17) is 18.0 Å². The Morgan fingerprint density at radius 2 is 2.24 bits per heavy atom. The summed E-state index contributed by atoms with van der Waals surface area (Å²) in [6.45, 7) is 1.96. The van der Waals surface area contributed by atoms with Crippen molar-refractivity contribution in [1.82, 2.24) is 25.5 Å². The van der Waals surface area contributed by atoms with Crippen molar-refractivity contribution in [2.24, 2.45) is 0 Å². The fraction of sp³-hybridized carbons (Fsp3) is 0.231. The molecule has 0 aliphatic rings. The number of nitrogens with zero attached hydrogens (tertiary/aromatic N) is 4. The molecule has 1 unspecified atom stereocenters. The summed E-state index contributed by atoms with van der Waals surface area (Å²) in [7, 11) is 0. The third-order valence-corrected chi connectivity index (χ3v) is 3.81. The highest BCUT2D eigenvalue weighted by molar-refractivity contribution is 8.00. The highest BCUT2D eigenvalue weighted by Crippen LogP contribution is 2.23. The van der Waals surface area contributed by atoms with E-state index in [1.165, 1.54) is 11.8 Å². The predicted octanol–water partition coefficient (Wildman–Crippen LogP) is 1.55. The molecule has 0 bridgehead atoms. The zero-order valence-corrected chi connectivity index (χ0v) is 12.7. The molecule has 108 valence electrons. The maximum absolute atomic E-state index is 11.8. The first-order chi connectivity index (χ1) is 10.1. The smallest absolute Gasteiger partial charge is 0.234 e. The molecule has 0 saturated heterocycles. The average Bonchev–Trinajstić information content (AvgIpc) is 2.93. The lowest BCUT2D eigenvalue weighted by Crippen LogP contribution is -2.31. The number of nitrogens with one attached hydrogen (secondary N) is 1. The number of hydrogen-bond acceptors (Lipinski definition) is 5. The number of carbonyl (C=O) groups excluding carboxylic acids is 1. The molecule has 8 heteroatoms. The molecule has 0 radical (unpaired) electrons. The van der Waals surface area contributed by atoms with Gasteiger partial charge in [-0.05, 0) is 41.6 Å². The Balaban J connectivity index is 2.12. The number of amides is 1. The quantitative estimate of drug-likeness (QED) is 0.668. The Hall–Kier alpha value is -2.04. The van der Waals surface area contributed by atoms with Gasteiger partial charge in [0, 0.05) is 5.02 Å². The molecule has 1 N–H and O–H groups in total. The minimum Gasteiger partial charge on any atom is -0.344 e. The Morgan fingerprint density at radius 3 is 2.90 bits per heavy atom. The first-order valence-electron chi connectivity index (χ1n) is 6.04. The molecule has 2 aromatic rings. The van der Waals surface area contributed by atoms with Crippen molar-refractivity contribution in [3.63, 3.8) is 0 Å². The van der Waals surface area contributed by atoms with Gasteiger partial charge in [-0.3, -0.25) is 4.79 Å². The van der Waals surface area contributed by atoms with Gasteiger partial charge in [0.05, 0.1) is 17.5 Å². The number of thioether (sulfide) groups is 1. The molecule has 0 fully saturated rings. The van der Waals surface area contributed by atoms with E-state index in [2.05, 4.69) is 26.8 Å². The van der Waals surface area contributed by atoms with Crippen molar-refractivity contribution in [3.8, 4) is 18.0 Å². The Bertz CT molecular complexity index is 664. The first kappa shape index (κ1) is 15.4. The number of terminal acetylenes is 1. The molecule has 1 aromatic carbocycles. The van der Waals surface area contributed by atoms with E-state index in [0.717, 1.165) is 5.69 Å². The number of hydrogen-bond donors (Lipinski definition) is 1. The zero-order valence-electron chi connectivity index (χ0n) is 11.2. The summed E-state index contributed by atoms with van der Waals surface area (Å²) in [6.07, 6.45) is 5.11. The van der Waals surface area contributed by atoms with Gasteiger partial charge in [0.2, 0.25) is 11.1 Å². The molecular weight excluding hydrogens is 310 g/mol. The van der Waals surface area contributed by atoms with Crippen LogP contribution in [-0.4, -0.2) is 37.9 Å². The molecule has 21 heavy (non-hydrogen) atoms. The Morgan fingerprint density at radius 1 is 1.52 bits per heavy atom. The van der Waals surface area contributed by atoms with Crippen molar-refractivity contribution in [2.45, 2.75) is 17.3 Å².